The first kappa shape index (κ1) is 49.8. The third kappa shape index (κ3) is 7.68. The molecule has 8 aliphatic rings. The van der Waals surface area contributed by atoms with E-state index in [4.69, 9.17) is 9.72 Å². The number of nitrogens with zero attached hydrogens (tertiary/aromatic N) is 4. The van der Waals surface area contributed by atoms with Crippen LogP contribution in [0.15, 0.2) is 194 Å². The molecule has 0 atom stereocenters. The van der Waals surface area contributed by atoms with Crippen molar-refractivity contribution in [3.63, 3.8) is 0 Å². The van der Waals surface area contributed by atoms with Gasteiger partial charge in [-0.15, -0.1) is 0 Å². The van der Waals surface area contributed by atoms with Gasteiger partial charge in [-0.25, -0.2) is 4.98 Å². The second-order valence-corrected chi connectivity index (χ2v) is 27.1. The molecule has 0 aliphatic heterocycles. The van der Waals surface area contributed by atoms with Gasteiger partial charge in [-0.3, -0.25) is 4.57 Å². The highest BCUT2D eigenvalue weighted by molar-refractivity contribution is 6.09. The molecule has 3 heterocycles. The Morgan fingerprint density at radius 1 is 0.625 bits per heavy atom. The second-order valence-electron chi connectivity index (χ2n) is 27.1. The summed E-state index contributed by atoms with van der Waals surface area (Å²) in [7, 11) is 0. The van der Waals surface area contributed by atoms with Gasteiger partial charge in [0.25, 0.3) is 6.33 Å². The van der Waals surface area contributed by atoms with Gasteiger partial charge >= 0.3 is 0 Å². The number of para-hydroxylation sites is 4. The molecular formula is C75H77N4O+. The summed E-state index contributed by atoms with van der Waals surface area (Å²) >= 11 is 0. The lowest BCUT2D eigenvalue weighted by Gasteiger charge is -2.63. The quantitative estimate of drug-likeness (QED) is 0.0956. The van der Waals surface area contributed by atoms with Gasteiger partial charge in [-0.2, -0.15) is 9.13 Å². The van der Waals surface area contributed by atoms with Crippen LogP contribution in [0.2, 0.25) is 0 Å². The Morgan fingerprint density at radius 3 is 1.98 bits per heavy atom. The number of ether oxygens (including phenoxy) is 1. The van der Waals surface area contributed by atoms with Crippen molar-refractivity contribution in [1.82, 2.24) is 14.1 Å². The van der Waals surface area contributed by atoms with Crippen LogP contribution < -0.4 is 9.30 Å². The van der Waals surface area contributed by atoms with Gasteiger partial charge in [0.15, 0.2) is 11.0 Å². The van der Waals surface area contributed by atoms with E-state index in [2.05, 4.69) is 232 Å². The molecule has 0 N–H and O–H groups in total. The summed E-state index contributed by atoms with van der Waals surface area (Å²) in [6.07, 6.45) is 24.9. The van der Waals surface area contributed by atoms with Crippen LogP contribution in [0, 0.1) is 54.3 Å². The number of hydrogen-bond acceptors (Lipinski definition) is 2. The van der Waals surface area contributed by atoms with Gasteiger partial charge in [-0.05, 0) is 203 Å². The van der Waals surface area contributed by atoms with Crippen molar-refractivity contribution >= 4 is 32.8 Å². The zero-order valence-electron chi connectivity index (χ0n) is 47.8. The Hall–Kier alpha value is -7.24. The van der Waals surface area contributed by atoms with Crippen LogP contribution in [0.5, 0.6) is 11.5 Å². The van der Waals surface area contributed by atoms with Crippen LogP contribution in [0.25, 0.3) is 50.0 Å². The van der Waals surface area contributed by atoms with E-state index in [-0.39, 0.29) is 16.2 Å². The van der Waals surface area contributed by atoms with Crippen LogP contribution >= 0.6 is 0 Å². The maximum absolute atomic E-state index is 7.01. The second kappa shape index (κ2) is 18.7. The normalized spacial score (nSPS) is 27.8. The largest absolute Gasteiger partial charge is 0.457 e. The van der Waals surface area contributed by atoms with Crippen molar-refractivity contribution in [2.24, 2.45) is 47.3 Å². The Kier molecular flexibility index (Phi) is 11.6. The molecule has 402 valence electrons. The Bertz CT molecular complexity index is 3960. The van der Waals surface area contributed by atoms with Crippen molar-refractivity contribution < 1.29 is 9.30 Å². The van der Waals surface area contributed by atoms with E-state index in [1.54, 1.807) is 16.7 Å². The number of imidazole rings is 1. The Morgan fingerprint density at radius 2 is 1.26 bits per heavy atom. The van der Waals surface area contributed by atoms with Crippen molar-refractivity contribution in [1.29, 1.82) is 0 Å². The Balaban J connectivity index is 0.926. The molecular weight excluding hydrogens is 973 g/mol. The summed E-state index contributed by atoms with van der Waals surface area (Å²) in [6.45, 7) is 18.0. The fraction of sp³-hybridized carbons (Fsp3) is 0.360. The first-order chi connectivity index (χ1) is 38.8. The first-order valence-corrected chi connectivity index (χ1v) is 30.4. The Labute approximate surface area is 473 Å². The van der Waals surface area contributed by atoms with Gasteiger partial charge in [0.05, 0.1) is 11.0 Å². The monoisotopic (exact) mass is 1050 g/mol. The predicted octanol–water partition coefficient (Wildman–Crippen LogP) is 18.3. The predicted molar refractivity (Wildman–Crippen MR) is 328 cm³/mol. The molecule has 5 nitrogen and oxygen atoms in total. The van der Waals surface area contributed by atoms with Crippen molar-refractivity contribution in [3.8, 4) is 28.7 Å². The van der Waals surface area contributed by atoms with Crippen LogP contribution in [0.1, 0.15) is 127 Å². The highest BCUT2D eigenvalue weighted by Gasteiger charge is 2.63. The van der Waals surface area contributed by atoms with Crippen molar-refractivity contribution in [2.75, 3.05) is 0 Å². The number of aryl methyl sites for hydroxylation is 1. The highest BCUT2D eigenvalue weighted by atomic mass is 16.5. The molecule has 0 saturated heterocycles. The molecule has 8 saturated carbocycles. The summed E-state index contributed by atoms with van der Waals surface area (Å²) in [5.41, 5.74) is 16.8. The number of benzene rings is 6. The van der Waals surface area contributed by atoms with E-state index >= 15 is 0 Å². The molecule has 0 spiro atoms. The fourth-order valence-electron chi connectivity index (χ4n) is 18.7. The molecule has 9 aromatic rings. The van der Waals surface area contributed by atoms with Gasteiger partial charge < -0.3 is 4.74 Å². The SMILES string of the molecule is C=C(C)/C=C\C=C(/C)C1(c2cccc(C3(c4cccc(C)c4)C4CC5CC(C4)CC3C5)c2-[n+]2cn(-c3cccc(Oc4ccc5c6ccccc6n(-c6cc(C(C)(C)C)ccn6)c5c4)c3)c3ccccc32)C2CC3CC(C2)CC1C3. The van der Waals surface area contributed by atoms with Crippen molar-refractivity contribution in [3.05, 3.63) is 222 Å². The van der Waals surface area contributed by atoms with E-state index in [0.29, 0.717) is 23.7 Å². The lowest BCUT2D eigenvalue weighted by Crippen LogP contribution is -2.59. The van der Waals surface area contributed by atoms with Crippen LogP contribution in [-0.4, -0.2) is 14.1 Å². The average Bonchev–Trinajstić information content (AvgIpc) is 2.13. The van der Waals surface area contributed by atoms with Gasteiger partial charge in [0.1, 0.15) is 28.7 Å². The lowest BCUT2D eigenvalue weighted by atomic mass is 9.40. The zero-order valence-corrected chi connectivity index (χ0v) is 47.8. The zero-order chi connectivity index (χ0) is 54.2. The lowest BCUT2D eigenvalue weighted by molar-refractivity contribution is -0.569. The molecule has 0 radical (unpaired) electrons. The molecule has 5 heteroatoms. The van der Waals surface area contributed by atoms with E-state index in [9.17, 15) is 0 Å². The number of allylic oxidation sites excluding steroid dienone is 5. The molecule has 8 aliphatic carbocycles. The molecule has 0 unspecified atom stereocenters. The molecule has 17 rings (SSSR count). The number of hydrogen-bond donors (Lipinski definition) is 0. The van der Waals surface area contributed by atoms with E-state index in [1.807, 2.05) is 6.20 Å². The van der Waals surface area contributed by atoms with Crippen LogP contribution in [0.3, 0.4) is 0 Å². The minimum absolute atomic E-state index is 0.0143. The maximum Gasteiger partial charge on any atom is 0.255 e. The van der Waals surface area contributed by atoms with Gasteiger partial charge in [0, 0.05) is 51.1 Å². The molecule has 6 aromatic carbocycles. The fourth-order valence-corrected chi connectivity index (χ4v) is 18.7. The average molecular weight is 1050 g/mol. The molecule has 0 amide bonds. The molecule has 3 aromatic heterocycles. The first-order valence-electron chi connectivity index (χ1n) is 30.4. The van der Waals surface area contributed by atoms with E-state index in [1.165, 1.54) is 108 Å². The minimum atomic E-state index is -0.114. The summed E-state index contributed by atoms with van der Waals surface area (Å²) in [5.74, 6) is 8.18. The molecule has 8 fully saturated rings. The summed E-state index contributed by atoms with van der Waals surface area (Å²) in [4.78, 5) is 4.97. The van der Waals surface area contributed by atoms with Gasteiger partial charge in [-0.1, -0.05) is 141 Å². The molecule has 80 heavy (non-hydrogen) atoms. The van der Waals surface area contributed by atoms with Crippen molar-refractivity contribution in [2.45, 2.75) is 122 Å². The highest BCUT2D eigenvalue weighted by Crippen LogP contribution is 2.69. The summed E-state index contributed by atoms with van der Waals surface area (Å²) < 4.78 is 14.5. The summed E-state index contributed by atoms with van der Waals surface area (Å²) in [5, 5.41) is 2.37. The minimum Gasteiger partial charge on any atom is -0.457 e. The molecule has 8 bridgehead atoms. The maximum atomic E-state index is 7.01. The summed E-state index contributed by atoms with van der Waals surface area (Å²) in [6, 6.07) is 55.2. The van der Waals surface area contributed by atoms with E-state index < -0.39 is 0 Å². The standard InChI is InChI=1S/C75H77N4O/c1-47(2)16-12-18-49(4)74(56-35-50-33-51(37-56)38-57(74)36-50)65-23-15-24-66(75(55-19-13-17-48(3)32-55)58-39-52-34-53(41-58)42-59(75)40-52)72(65)78-46-77(68-26-10-11-27-69(68)78)60-20-14-21-61(44-60)80-62-28-29-64-63-22-8-9-25-67(63)79(70(64)45-62)71-43-54(30-31-76-71)73(5,6)7/h8-32,43-46,50-53,56-59H,1,33-42H2,2-7H3/q+1/b16-12-,49-18+. The van der Waals surface area contributed by atoms with Crippen LogP contribution in [-0.2, 0) is 16.2 Å². The smallest absolute Gasteiger partial charge is 0.255 e. The van der Waals surface area contributed by atoms with E-state index in [0.717, 1.165) is 63.3 Å². The third-order valence-corrected chi connectivity index (χ3v) is 21.3. The number of fused-ring (bicyclic) bond motifs is 4. The van der Waals surface area contributed by atoms with Crippen LogP contribution in [0.4, 0.5) is 0 Å². The number of rotatable bonds is 11. The number of aromatic nitrogens is 4. The number of pyridine rings is 1. The van der Waals surface area contributed by atoms with Gasteiger partial charge in [0.2, 0.25) is 0 Å². The third-order valence-electron chi connectivity index (χ3n) is 21.3. The topological polar surface area (TPSA) is 35.9 Å².